The van der Waals surface area contributed by atoms with E-state index in [-0.39, 0.29) is 47.3 Å². The smallest absolute Gasteiger partial charge is 0.387 e. The van der Waals surface area contributed by atoms with E-state index < -0.39 is 6.61 Å². The number of nitrogens with zero attached hydrogens (tertiary/aromatic N) is 1. The predicted molar refractivity (Wildman–Crippen MR) is 88.9 cm³/mol. The van der Waals surface area contributed by atoms with Crippen LogP contribution >= 0.6 is 23.7 Å². The summed E-state index contributed by atoms with van der Waals surface area (Å²) < 4.78 is 29.1. The number of rotatable bonds is 6. The number of hydrogen-bond acceptors (Lipinski definition) is 5. The fraction of sp³-hybridized carbons (Fsp3) is 0.571. The maximum absolute atomic E-state index is 12.5. The molecule has 0 radical (unpaired) electrons. The van der Waals surface area contributed by atoms with Gasteiger partial charge in [0.25, 0.3) is 5.91 Å². The van der Waals surface area contributed by atoms with Gasteiger partial charge in [-0.05, 0) is 24.3 Å². The lowest BCUT2D eigenvalue weighted by molar-refractivity contribution is -0.126. The first-order chi connectivity index (χ1) is 11.0. The van der Waals surface area contributed by atoms with E-state index >= 15 is 0 Å². The molecule has 0 aromatic carbocycles. The first kappa shape index (κ1) is 20.6. The number of halogens is 3. The number of likely N-dealkylation sites (tertiary alicyclic amines) is 1. The van der Waals surface area contributed by atoms with Crippen LogP contribution < -0.4 is 15.8 Å². The maximum atomic E-state index is 12.5. The molecule has 2 heterocycles. The molecule has 1 unspecified atom stereocenters. The van der Waals surface area contributed by atoms with Crippen LogP contribution in [0.1, 0.15) is 22.5 Å². The first-order valence-electron chi connectivity index (χ1n) is 7.32. The van der Waals surface area contributed by atoms with E-state index in [0.717, 1.165) is 11.3 Å². The lowest BCUT2D eigenvalue weighted by Gasteiger charge is -2.32. The van der Waals surface area contributed by atoms with E-state index in [1.54, 1.807) is 0 Å². The summed E-state index contributed by atoms with van der Waals surface area (Å²) in [7, 11) is 0. The van der Waals surface area contributed by atoms with E-state index in [9.17, 15) is 18.4 Å². The van der Waals surface area contributed by atoms with Gasteiger partial charge in [0.05, 0.1) is 5.92 Å². The largest absolute Gasteiger partial charge is 0.433 e. The number of carbonyl (C=O) groups is 2. The molecular formula is C14H20ClF2N3O3S. The molecule has 0 spiro atoms. The van der Waals surface area contributed by atoms with Gasteiger partial charge in [-0.2, -0.15) is 8.78 Å². The van der Waals surface area contributed by atoms with E-state index in [2.05, 4.69) is 10.1 Å². The number of piperidine rings is 1. The lowest BCUT2D eigenvalue weighted by Crippen LogP contribution is -2.46. The van der Waals surface area contributed by atoms with Crippen molar-refractivity contribution >= 4 is 35.6 Å². The van der Waals surface area contributed by atoms with Crippen molar-refractivity contribution in [3.63, 3.8) is 0 Å². The molecule has 3 N–H and O–H groups in total. The third-order valence-corrected chi connectivity index (χ3v) is 4.45. The minimum Gasteiger partial charge on any atom is -0.433 e. The summed E-state index contributed by atoms with van der Waals surface area (Å²) in [4.78, 5) is 26.2. The Bertz CT molecular complexity index is 559. The second-order valence-electron chi connectivity index (χ2n) is 5.16. The molecule has 10 heteroatoms. The molecule has 24 heavy (non-hydrogen) atoms. The van der Waals surface area contributed by atoms with E-state index in [1.165, 1.54) is 16.3 Å². The molecule has 1 fully saturated rings. The van der Waals surface area contributed by atoms with Crippen LogP contribution in [0.2, 0.25) is 0 Å². The molecule has 136 valence electrons. The lowest BCUT2D eigenvalue weighted by atomic mass is 9.97. The monoisotopic (exact) mass is 383 g/mol. The third-order valence-electron chi connectivity index (χ3n) is 3.56. The van der Waals surface area contributed by atoms with Crippen molar-refractivity contribution in [3.05, 3.63) is 16.3 Å². The van der Waals surface area contributed by atoms with Crippen molar-refractivity contribution in [2.24, 2.45) is 11.7 Å². The average Bonchev–Trinajstić information content (AvgIpc) is 2.99. The Kier molecular flexibility index (Phi) is 8.37. The Morgan fingerprint density at radius 1 is 1.50 bits per heavy atom. The molecule has 0 bridgehead atoms. The minimum atomic E-state index is -2.98. The van der Waals surface area contributed by atoms with Gasteiger partial charge in [0.2, 0.25) is 5.91 Å². The number of carbonyl (C=O) groups excluding carboxylic acids is 2. The summed E-state index contributed by atoms with van der Waals surface area (Å²) in [5.41, 5.74) is 5.35. The van der Waals surface area contributed by atoms with Crippen molar-refractivity contribution in [1.82, 2.24) is 10.2 Å². The van der Waals surface area contributed by atoms with Crippen molar-refractivity contribution in [2.75, 3.05) is 26.2 Å². The van der Waals surface area contributed by atoms with Crippen LogP contribution in [0.25, 0.3) is 0 Å². The molecule has 1 aromatic rings. The van der Waals surface area contributed by atoms with Crippen LogP contribution in [0.5, 0.6) is 5.75 Å². The van der Waals surface area contributed by atoms with Gasteiger partial charge in [0, 0.05) is 26.2 Å². The number of nitrogens with one attached hydrogen (secondary N) is 1. The Balaban J connectivity index is 0.00000288. The number of nitrogens with two attached hydrogens (primary N) is 1. The Morgan fingerprint density at radius 2 is 2.25 bits per heavy atom. The summed E-state index contributed by atoms with van der Waals surface area (Å²) in [5, 5.41) is 4.24. The number of amides is 2. The van der Waals surface area contributed by atoms with E-state index in [0.29, 0.717) is 32.5 Å². The minimum absolute atomic E-state index is 0. The molecule has 0 saturated carbocycles. The highest BCUT2D eigenvalue weighted by molar-refractivity contribution is 7.12. The van der Waals surface area contributed by atoms with Gasteiger partial charge in [-0.1, -0.05) is 0 Å². The Hall–Kier alpha value is -1.45. The zero-order valence-electron chi connectivity index (χ0n) is 12.9. The van der Waals surface area contributed by atoms with Crippen LogP contribution in [-0.4, -0.2) is 49.5 Å². The molecule has 0 aliphatic carbocycles. The summed E-state index contributed by atoms with van der Waals surface area (Å²) in [5.74, 6) is -0.946. The van der Waals surface area contributed by atoms with E-state index in [1.807, 2.05) is 0 Å². The van der Waals surface area contributed by atoms with Crippen LogP contribution in [0, 0.1) is 5.92 Å². The van der Waals surface area contributed by atoms with E-state index in [4.69, 9.17) is 5.73 Å². The zero-order valence-corrected chi connectivity index (χ0v) is 14.5. The van der Waals surface area contributed by atoms with Gasteiger partial charge in [-0.3, -0.25) is 9.59 Å². The number of alkyl halides is 2. The normalized spacial score (nSPS) is 17.3. The Labute approximate surface area is 148 Å². The molecule has 1 aromatic heterocycles. The maximum Gasteiger partial charge on any atom is 0.387 e. The third kappa shape index (κ3) is 5.29. The number of ether oxygens (including phenoxy) is 1. The van der Waals surface area contributed by atoms with Gasteiger partial charge < -0.3 is 20.7 Å². The number of thiophene rings is 1. The highest BCUT2D eigenvalue weighted by Crippen LogP contribution is 2.29. The summed E-state index contributed by atoms with van der Waals surface area (Å²) >= 11 is 1.05. The SMILES string of the molecule is Cl.NCCNC(=O)C1CCCN(C(=O)c2sccc2OC(F)F)C1. The van der Waals surface area contributed by atoms with Gasteiger partial charge >= 0.3 is 6.61 Å². The molecule has 1 saturated heterocycles. The number of hydrogen-bond donors (Lipinski definition) is 2. The van der Waals surface area contributed by atoms with Gasteiger partial charge in [-0.15, -0.1) is 23.7 Å². The van der Waals surface area contributed by atoms with Gasteiger partial charge in [0.1, 0.15) is 10.6 Å². The van der Waals surface area contributed by atoms with Crippen LogP contribution in [0.3, 0.4) is 0 Å². The zero-order chi connectivity index (χ0) is 16.8. The standard InChI is InChI=1S/C14H19F2N3O3S.ClH/c15-14(16)22-10-3-7-23-11(10)13(21)19-6-1-2-9(8-19)12(20)18-5-4-17;/h3,7,9,14H,1-2,4-6,8,17H2,(H,18,20);1H. The summed E-state index contributed by atoms with van der Waals surface area (Å²) in [6.07, 6.45) is 1.37. The quantitative estimate of drug-likeness (QED) is 0.783. The highest BCUT2D eigenvalue weighted by Gasteiger charge is 2.30. The fourth-order valence-corrected chi connectivity index (χ4v) is 3.29. The van der Waals surface area contributed by atoms with Gasteiger partial charge in [0.15, 0.2) is 0 Å². The molecular weight excluding hydrogens is 364 g/mol. The predicted octanol–water partition coefficient (Wildman–Crippen LogP) is 1.70. The first-order valence-corrected chi connectivity index (χ1v) is 8.20. The van der Waals surface area contributed by atoms with Crippen LogP contribution in [0.4, 0.5) is 8.78 Å². The van der Waals surface area contributed by atoms with Crippen LogP contribution in [-0.2, 0) is 4.79 Å². The van der Waals surface area contributed by atoms with Gasteiger partial charge in [-0.25, -0.2) is 0 Å². The Morgan fingerprint density at radius 3 is 2.92 bits per heavy atom. The average molecular weight is 384 g/mol. The second kappa shape index (κ2) is 9.75. The second-order valence-corrected chi connectivity index (χ2v) is 6.08. The highest BCUT2D eigenvalue weighted by atomic mass is 35.5. The summed E-state index contributed by atoms with van der Waals surface area (Å²) in [6.45, 7) is -1.48. The van der Waals surface area contributed by atoms with Crippen LogP contribution in [0.15, 0.2) is 11.4 Å². The molecule has 6 nitrogen and oxygen atoms in total. The van der Waals surface area contributed by atoms with Crippen molar-refractivity contribution in [3.8, 4) is 5.75 Å². The molecule has 2 amide bonds. The topological polar surface area (TPSA) is 84.7 Å². The molecule has 1 atom stereocenters. The molecule has 1 aliphatic heterocycles. The van der Waals surface area contributed by atoms with Crippen molar-refractivity contribution in [1.29, 1.82) is 0 Å². The summed E-state index contributed by atoms with van der Waals surface area (Å²) in [6, 6.07) is 1.35. The molecule has 2 rings (SSSR count). The van der Waals surface area contributed by atoms with Crippen molar-refractivity contribution < 1.29 is 23.1 Å². The fourth-order valence-electron chi connectivity index (χ4n) is 2.50. The molecule has 1 aliphatic rings. The van der Waals surface area contributed by atoms with Crippen molar-refractivity contribution in [2.45, 2.75) is 19.5 Å².